The molecule has 17 heavy (non-hydrogen) atoms. The van der Waals surface area contributed by atoms with Crippen LogP contribution < -0.4 is 0 Å². The first-order valence-corrected chi connectivity index (χ1v) is 7.49. The van der Waals surface area contributed by atoms with E-state index in [-0.39, 0.29) is 4.90 Å². The second-order valence-electron chi connectivity index (χ2n) is 3.60. The Morgan fingerprint density at radius 1 is 1.35 bits per heavy atom. The van der Waals surface area contributed by atoms with E-state index in [1.807, 2.05) is 6.26 Å². The monoisotopic (exact) mass is 272 g/mol. The van der Waals surface area contributed by atoms with Crippen LogP contribution in [0.4, 0.5) is 0 Å². The SMILES string of the molecule is CSc1nc2cc(S(=O)(=O)N(C)C)ccc2o1. The second-order valence-corrected chi connectivity index (χ2v) is 6.51. The number of aromatic nitrogens is 1. The summed E-state index contributed by atoms with van der Waals surface area (Å²) in [6.45, 7) is 0. The quantitative estimate of drug-likeness (QED) is 0.797. The number of oxazole rings is 1. The van der Waals surface area contributed by atoms with E-state index in [1.165, 1.54) is 42.3 Å². The Bertz CT molecular complexity index is 647. The van der Waals surface area contributed by atoms with Gasteiger partial charge in [-0.05, 0) is 24.5 Å². The van der Waals surface area contributed by atoms with Crippen molar-refractivity contribution in [2.45, 2.75) is 10.1 Å². The molecule has 0 fully saturated rings. The van der Waals surface area contributed by atoms with Crippen LogP contribution in [0.1, 0.15) is 0 Å². The lowest BCUT2D eigenvalue weighted by Gasteiger charge is -2.10. The molecule has 2 aromatic rings. The van der Waals surface area contributed by atoms with Crippen LogP contribution in [0.25, 0.3) is 11.1 Å². The summed E-state index contributed by atoms with van der Waals surface area (Å²) in [5, 5.41) is 0.527. The molecule has 1 aromatic carbocycles. The number of hydrogen-bond donors (Lipinski definition) is 0. The van der Waals surface area contributed by atoms with Crippen molar-refractivity contribution in [3.8, 4) is 0 Å². The predicted molar refractivity (Wildman–Crippen MR) is 66.7 cm³/mol. The van der Waals surface area contributed by atoms with Crippen molar-refractivity contribution in [3.05, 3.63) is 18.2 Å². The zero-order valence-electron chi connectivity index (χ0n) is 9.67. The van der Waals surface area contributed by atoms with Gasteiger partial charge in [-0.15, -0.1) is 0 Å². The highest BCUT2D eigenvalue weighted by Gasteiger charge is 2.18. The lowest BCUT2D eigenvalue weighted by molar-refractivity contribution is 0.490. The summed E-state index contributed by atoms with van der Waals surface area (Å²) in [5.41, 5.74) is 1.14. The lowest BCUT2D eigenvalue weighted by Crippen LogP contribution is -2.22. The molecule has 2 rings (SSSR count). The van der Waals surface area contributed by atoms with Crippen molar-refractivity contribution in [1.82, 2.24) is 9.29 Å². The van der Waals surface area contributed by atoms with E-state index in [2.05, 4.69) is 4.98 Å². The average Bonchev–Trinajstić information content (AvgIpc) is 2.70. The third-order valence-corrected chi connectivity index (χ3v) is 4.63. The molecule has 0 aliphatic rings. The van der Waals surface area contributed by atoms with Crippen LogP contribution in [0, 0.1) is 0 Å². The molecule has 0 N–H and O–H groups in total. The highest BCUT2D eigenvalue weighted by Crippen LogP contribution is 2.24. The molecule has 0 unspecified atom stereocenters. The van der Waals surface area contributed by atoms with Crippen molar-refractivity contribution >= 4 is 32.9 Å². The number of fused-ring (bicyclic) bond motifs is 1. The Morgan fingerprint density at radius 2 is 2.06 bits per heavy atom. The van der Waals surface area contributed by atoms with Crippen LogP contribution in [0.15, 0.2) is 32.7 Å². The van der Waals surface area contributed by atoms with Crippen LogP contribution in [0.2, 0.25) is 0 Å². The van der Waals surface area contributed by atoms with Crippen LogP contribution in [-0.4, -0.2) is 38.1 Å². The minimum atomic E-state index is -3.42. The fourth-order valence-corrected chi connectivity index (χ4v) is 2.63. The molecule has 0 spiro atoms. The van der Waals surface area contributed by atoms with Gasteiger partial charge in [0, 0.05) is 14.1 Å². The maximum absolute atomic E-state index is 11.9. The average molecular weight is 272 g/mol. The van der Waals surface area contributed by atoms with Gasteiger partial charge >= 0.3 is 0 Å². The van der Waals surface area contributed by atoms with Gasteiger partial charge in [0.2, 0.25) is 10.0 Å². The van der Waals surface area contributed by atoms with Gasteiger partial charge in [-0.2, -0.15) is 0 Å². The van der Waals surface area contributed by atoms with Crippen LogP contribution in [-0.2, 0) is 10.0 Å². The highest BCUT2D eigenvalue weighted by atomic mass is 32.2. The summed E-state index contributed by atoms with van der Waals surface area (Å²) in [7, 11) is -0.430. The second kappa shape index (κ2) is 4.32. The van der Waals surface area contributed by atoms with E-state index in [9.17, 15) is 8.42 Å². The maximum Gasteiger partial charge on any atom is 0.256 e. The summed E-state index contributed by atoms with van der Waals surface area (Å²) in [6.07, 6.45) is 1.85. The lowest BCUT2D eigenvalue weighted by atomic mass is 10.3. The molecule has 5 nitrogen and oxygen atoms in total. The Morgan fingerprint density at radius 3 is 2.65 bits per heavy atom. The van der Waals surface area contributed by atoms with Gasteiger partial charge < -0.3 is 4.42 Å². The third kappa shape index (κ3) is 2.18. The van der Waals surface area contributed by atoms with Gasteiger partial charge in [-0.1, -0.05) is 11.8 Å². The van der Waals surface area contributed by atoms with E-state index < -0.39 is 10.0 Å². The molecule has 1 heterocycles. The van der Waals surface area contributed by atoms with Crippen LogP contribution >= 0.6 is 11.8 Å². The third-order valence-electron chi connectivity index (χ3n) is 2.29. The smallest absolute Gasteiger partial charge is 0.256 e. The van der Waals surface area contributed by atoms with Crippen molar-refractivity contribution in [2.75, 3.05) is 20.4 Å². The van der Waals surface area contributed by atoms with Gasteiger partial charge in [0.05, 0.1) is 4.90 Å². The number of sulfonamides is 1. The van der Waals surface area contributed by atoms with E-state index in [1.54, 1.807) is 6.07 Å². The predicted octanol–water partition coefficient (Wildman–Crippen LogP) is 1.80. The summed E-state index contributed by atoms with van der Waals surface area (Å²) >= 11 is 1.38. The largest absolute Gasteiger partial charge is 0.431 e. The molecular weight excluding hydrogens is 260 g/mol. The van der Waals surface area contributed by atoms with E-state index >= 15 is 0 Å². The van der Waals surface area contributed by atoms with E-state index in [0.717, 1.165) is 0 Å². The van der Waals surface area contributed by atoms with Gasteiger partial charge in [-0.25, -0.2) is 17.7 Å². The molecule has 0 saturated heterocycles. The van der Waals surface area contributed by atoms with Crippen molar-refractivity contribution < 1.29 is 12.8 Å². The van der Waals surface area contributed by atoms with Crippen molar-refractivity contribution in [3.63, 3.8) is 0 Å². The number of thioether (sulfide) groups is 1. The fourth-order valence-electron chi connectivity index (χ4n) is 1.34. The summed E-state index contributed by atoms with van der Waals surface area (Å²) in [5.74, 6) is 0. The molecule has 92 valence electrons. The maximum atomic E-state index is 11.9. The Kier molecular flexibility index (Phi) is 3.15. The van der Waals surface area contributed by atoms with Gasteiger partial charge in [0.1, 0.15) is 5.52 Å². The molecule has 0 radical (unpaired) electrons. The Balaban J connectivity index is 2.59. The summed E-state index contributed by atoms with van der Waals surface area (Å²) in [6, 6.07) is 4.67. The van der Waals surface area contributed by atoms with Crippen molar-refractivity contribution in [1.29, 1.82) is 0 Å². The zero-order chi connectivity index (χ0) is 12.6. The number of rotatable bonds is 3. The number of benzene rings is 1. The first-order chi connectivity index (χ1) is 7.95. The molecule has 0 bridgehead atoms. The van der Waals surface area contributed by atoms with Crippen LogP contribution in [0.5, 0.6) is 0 Å². The topological polar surface area (TPSA) is 63.4 Å². The normalized spacial score (nSPS) is 12.5. The Labute approximate surface area is 104 Å². The van der Waals surface area contributed by atoms with Crippen molar-refractivity contribution in [2.24, 2.45) is 0 Å². The number of nitrogens with zero attached hydrogens (tertiary/aromatic N) is 2. The van der Waals surface area contributed by atoms with E-state index in [0.29, 0.717) is 16.3 Å². The van der Waals surface area contributed by atoms with E-state index in [4.69, 9.17) is 4.42 Å². The molecule has 1 aromatic heterocycles. The molecule has 0 atom stereocenters. The molecular formula is C10H12N2O3S2. The molecule has 7 heteroatoms. The molecule has 0 amide bonds. The Hall–Kier alpha value is -1.05. The number of hydrogen-bond acceptors (Lipinski definition) is 5. The van der Waals surface area contributed by atoms with Gasteiger partial charge in [0.15, 0.2) is 5.58 Å². The summed E-state index contributed by atoms with van der Waals surface area (Å²) < 4.78 is 30.4. The standard InChI is InChI=1S/C10H12N2O3S2/c1-12(2)17(13,14)7-4-5-9-8(6-7)11-10(15-9)16-3/h4-6H,1-3H3. The fraction of sp³-hybridized carbons (Fsp3) is 0.300. The minimum absolute atomic E-state index is 0.218. The highest BCUT2D eigenvalue weighted by molar-refractivity contribution is 7.98. The first kappa shape index (κ1) is 12.4. The first-order valence-electron chi connectivity index (χ1n) is 4.82. The molecule has 0 saturated carbocycles. The molecule has 0 aliphatic heterocycles. The van der Waals surface area contributed by atoms with Gasteiger partial charge in [-0.3, -0.25) is 0 Å². The minimum Gasteiger partial charge on any atom is -0.431 e. The van der Waals surface area contributed by atoms with Gasteiger partial charge in [0.25, 0.3) is 5.22 Å². The zero-order valence-corrected chi connectivity index (χ0v) is 11.3. The summed E-state index contributed by atoms with van der Waals surface area (Å²) in [4.78, 5) is 4.40. The van der Waals surface area contributed by atoms with Crippen LogP contribution in [0.3, 0.4) is 0 Å². The molecule has 0 aliphatic carbocycles.